The lowest BCUT2D eigenvalue weighted by atomic mass is 10.0. The molecule has 0 fully saturated rings. The number of benzene rings is 3. The third-order valence-electron chi connectivity index (χ3n) is 3.35. The molecule has 0 aliphatic carbocycles. The van der Waals surface area contributed by atoms with Crippen molar-refractivity contribution >= 4 is 28.7 Å². The van der Waals surface area contributed by atoms with Gasteiger partial charge < -0.3 is 4.74 Å². The van der Waals surface area contributed by atoms with Crippen LogP contribution < -0.4 is 4.74 Å². The largest absolute Gasteiger partial charge is 0.488 e. The van der Waals surface area contributed by atoms with E-state index in [0.29, 0.717) is 17.2 Å². The molecule has 104 valence electrons. The van der Waals surface area contributed by atoms with E-state index in [1.54, 1.807) is 6.07 Å². The van der Waals surface area contributed by atoms with Gasteiger partial charge in [-0.15, -0.1) is 0 Å². The summed E-state index contributed by atoms with van der Waals surface area (Å²) in [4.78, 5) is 11.1. The second kappa shape index (κ2) is 5.98. The molecule has 2 nitrogen and oxygen atoms in total. The summed E-state index contributed by atoms with van der Waals surface area (Å²) in [6.07, 6.45) is 0.866. The van der Waals surface area contributed by atoms with E-state index in [9.17, 15) is 4.79 Å². The number of hydrogen-bond donors (Lipinski definition) is 0. The van der Waals surface area contributed by atoms with Crippen LogP contribution in [0.25, 0.3) is 10.8 Å². The van der Waals surface area contributed by atoms with Crippen molar-refractivity contribution in [2.24, 2.45) is 0 Å². The molecular formula is C18H13ClO2. The van der Waals surface area contributed by atoms with Crippen molar-refractivity contribution in [1.82, 2.24) is 0 Å². The Hall–Kier alpha value is -2.32. The summed E-state index contributed by atoms with van der Waals surface area (Å²) in [6.45, 7) is 0.460. The van der Waals surface area contributed by atoms with Gasteiger partial charge in [0, 0.05) is 16.0 Å². The highest BCUT2D eigenvalue weighted by molar-refractivity contribution is 6.30. The van der Waals surface area contributed by atoms with Crippen molar-refractivity contribution in [2.75, 3.05) is 0 Å². The first-order valence-corrected chi connectivity index (χ1v) is 7.00. The lowest BCUT2D eigenvalue weighted by Gasteiger charge is -2.10. The fraction of sp³-hybridized carbons (Fsp3) is 0.0556. The molecule has 0 heterocycles. The minimum atomic E-state index is 0.460. The second-order valence-corrected chi connectivity index (χ2v) is 5.17. The summed E-state index contributed by atoms with van der Waals surface area (Å²) in [7, 11) is 0. The van der Waals surface area contributed by atoms with Crippen molar-refractivity contribution in [2.45, 2.75) is 6.61 Å². The first kappa shape index (κ1) is 13.7. The standard InChI is InChI=1S/C18H13ClO2/c19-15-8-5-13(6-9-15)12-21-18-10-7-14(11-20)16-3-1-2-4-17(16)18/h1-11H,12H2. The Morgan fingerprint density at radius 2 is 1.62 bits per heavy atom. The third-order valence-corrected chi connectivity index (χ3v) is 3.60. The molecule has 0 aliphatic heterocycles. The molecule has 0 radical (unpaired) electrons. The monoisotopic (exact) mass is 296 g/mol. The summed E-state index contributed by atoms with van der Waals surface area (Å²) < 4.78 is 5.89. The maximum absolute atomic E-state index is 11.1. The van der Waals surface area contributed by atoms with Crippen LogP contribution in [0.5, 0.6) is 5.75 Å². The van der Waals surface area contributed by atoms with Crippen LogP contribution >= 0.6 is 11.6 Å². The van der Waals surface area contributed by atoms with Crippen molar-refractivity contribution in [3.05, 3.63) is 76.8 Å². The topological polar surface area (TPSA) is 26.3 Å². The molecule has 3 aromatic carbocycles. The lowest BCUT2D eigenvalue weighted by Crippen LogP contribution is -1.96. The van der Waals surface area contributed by atoms with Crippen molar-refractivity contribution in [3.63, 3.8) is 0 Å². The summed E-state index contributed by atoms with van der Waals surface area (Å²) in [5.41, 5.74) is 1.72. The molecule has 0 N–H and O–H groups in total. The van der Waals surface area contributed by atoms with Crippen LogP contribution in [0.15, 0.2) is 60.7 Å². The Morgan fingerprint density at radius 3 is 2.33 bits per heavy atom. The van der Waals surface area contributed by atoms with Crippen molar-refractivity contribution in [1.29, 1.82) is 0 Å². The molecule has 0 aromatic heterocycles. The Kier molecular flexibility index (Phi) is 3.89. The molecule has 0 aliphatic rings. The predicted octanol–water partition coefficient (Wildman–Crippen LogP) is 4.88. The Balaban J connectivity index is 1.90. The van der Waals surface area contributed by atoms with E-state index in [1.807, 2.05) is 54.6 Å². The van der Waals surface area contributed by atoms with E-state index in [4.69, 9.17) is 16.3 Å². The molecule has 0 unspecified atom stereocenters. The number of hydrogen-bond acceptors (Lipinski definition) is 2. The van der Waals surface area contributed by atoms with E-state index in [2.05, 4.69) is 0 Å². The summed E-state index contributed by atoms with van der Waals surface area (Å²) in [6, 6.07) is 18.9. The molecule has 0 spiro atoms. The molecule has 21 heavy (non-hydrogen) atoms. The molecule has 0 saturated carbocycles. The minimum Gasteiger partial charge on any atom is -0.488 e. The Bertz CT molecular complexity index is 779. The molecule has 0 amide bonds. The number of halogens is 1. The number of carbonyl (C=O) groups excluding carboxylic acids is 1. The van der Waals surface area contributed by atoms with Gasteiger partial charge in [0.15, 0.2) is 6.29 Å². The summed E-state index contributed by atoms with van der Waals surface area (Å²) >= 11 is 5.87. The van der Waals surface area contributed by atoms with Gasteiger partial charge in [-0.3, -0.25) is 4.79 Å². The van der Waals surface area contributed by atoms with Gasteiger partial charge in [-0.25, -0.2) is 0 Å². The van der Waals surface area contributed by atoms with Crippen LogP contribution in [0.4, 0.5) is 0 Å². The number of rotatable bonds is 4. The zero-order chi connectivity index (χ0) is 14.7. The number of aldehydes is 1. The van der Waals surface area contributed by atoms with Crippen molar-refractivity contribution in [3.8, 4) is 5.75 Å². The highest BCUT2D eigenvalue weighted by atomic mass is 35.5. The van der Waals surface area contributed by atoms with Gasteiger partial charge in [0.25, 0.3) is 0 Å². The molecule has 3 rings (SSSR count). The summed E-state index contributed by atoms with van der Waals surface area (Å²) in [5.74, 6) is 0.770. The predicted molar refractivity (Wildman–Crippen MR) is 85.1 cm³/mol. The van der Waals surface area contributed by atoms with Crippen LogP contribution in [0.1, 0.15) is 15.9 Å². The van der Waals surface area contributed by atoms with Crippen LogP contribution in [0, 0.1) is 0 Å². The molecule has 0 atom stereocenters. The van der Waals surface area contributed by atoms with E-state index in [-0.39, 0.29) is 0 Å². The smallest absolute Gasteiger partial charge is 0.150 e. The Morgan fingerprint density at radius 1 is 0.905 bits per heavy atom. The van der Waals surface area contributed by atoms with Gasteiger partial charge in [-0.1, -0.05) is 48.0 Å². The second-order valence-electron chi connectivity index (χ2n) is 4.73. The van der Waals surface area contributed by atoms with Gasteiger partial charge >= 0.3 is 0 Å². The van der Waals surface area contributed by atoms with Gasteiger partial charge in [0.2, 0.25) is 0 Å². The molecule has 0 bridgehead atoms. The zero-order valence-corrected chi connectivity index (χ0v) is 12.0. The SMILES string of the molecule is O=Cc1ccc(OCc2ccc(Cl)cc2)c2ccccc12. The first-order chi connectivity index (χ1) is 10.3. The molecule has 3 heteroatoms. The van der Waals surface area contributed by atoms with Gasteiger partial charge in [0.1, 0.15) is 12.4 Å². The zero-order valence-electron chi connectivity index (χ0n) is 11.3. The maximum Gasteiger partial charge on any atom is 0.150 e. The maximum atomic E-state index is 11.1. The van der Waals surface area contributed by atoms with E-state index >= 15 is 0 Å². The van der Waals surface area contributed by atoms with E-state index < -0.39 is 0 Å². The fourth-order valence-corrected chi connectivity index (χ4v) is 2.39. The van der Waals surface area contributed by atoms with Crippen molar-refractivity contribution < 1.29 is 9.53 Å². The molecule has 0 saturated heterocycles. The van der Waals surface area contributed by atoms with E-state index in [0.717, 1.165) is 28.4 Å². The van der Waals surface area contributed by atoms with E-state index in [1.165, 1.54) is 0 Å². The number of carbonyl (C=O) groups is 1. The van der Waals surface area contributed by atoms with Crippen LogP contribution in [0.2, 0.25) is 5.02 Å². The first-order valence-electron chi connectivity index (χ1n) is 6.62. The van der Waals surface area contributed by atoms with Gasteiger partial charge in [0.05, 0.1) is 0 Å². The van der Waals surface area contributed by atoms with Gasteiger partial charge in [-0.2, -0.15) is 0 Å². The van der Waals surface area contributed by atoms with Crippen LogP contribution in [0.3, 0.4) is 0 Å². The normalized spacial score (nSPS) is 10.5. The Labute approximate surface area is 127 Å². The fourth-order valence-electron chi connectivity index (χ4n) is 2.27. The lowest BCUT2D eigenvalue weighted by molar-refractivity contribution is 0.112. The van der Waals surface area contributed by atoms with Gasteiger partial charge in [-0.05, 0) is 35.2 Å². The van der Waals surface area contributed by atoms with Crippen LogP contribution in [-0.4, -0.2) is 6.29 Å². The molecular weight excluding hydrogens is 284 g/mol. The highest BCUT2D eigenvalue weighted by Crippen LogP contribution is 2.28. The third kappa shape index (κ3) is 2.91. The van der Waals surface area contributed by atoms with Crippen LogP contribution in [-0.2, 0) is 6.61 Å². The summed E-state index contributed by atoms with van der Waals surface area (Å²) in [5, 5.41) is 2.55. The molecule has 3 aromatic rings. The average molecular weight is 297 g/mol. The highest BCUT2D eigenvalue weighted by Gasteiger charge is 2.06. The quantitative estimate of drug-likeness (QED) is 0.641. The average Bonchev–Trinajstić information content (AvgIpc) is 2.54. The number of ether oxygens (including phenoxy) is 1. The number of fused-ring (bicyclic) bond motifs is 1. The minimum absolute atomic E-state index is 0.460.